The number of rotatable bonds is 11. The van der Waals surface area contributed by atoms with Gasteiger partial charge in [0, 0.05) is 31.2 Å². The SMILES string of the molecule is CCCCCCC(C)NCCN(C(C)C)C(C)C. The number of unbranched alkanes of at least 4 members (excludes halogenated alkanes) is 3. The van der Waals surface area contributed by atoms with Gasteiger partial charge in [-0.3, -0.25) is 4.90 Å². The van der Waals surface area contributed by atoms with Crippen LogP contribution in [0.1, 0.15) is 73.6 Å². The number of nitrogens with zero attached hydrogens (tertiary/aromatic N) is 1. The van der Waals surface area contributed by atoms with Crippen molar-refractivity contribution in [3.8, 4) is 0 Å². The Morgan fingerprint density at radius 1 is 0.889 bits per heavy atom. The van der Waals surface area contributed by atoms with E-state index in [9.17, 15) is 0 Å². The van der Waals surface area contributed by atoms with Crippen molar-refractivity contribution in [1.82, 2.24) is 10.2 Å². The van der Waals surface area contributed by atoms with Gasteiger partial charge < -0.3 is 5.32 Å². The van der Waals surface area contributed by atoms with Crippen molar-refractivity contribution in [3.63, 3.8) is 0 Å². The third kappa shape index (κ3) is 8.93. The Hall–Kier alpha value is -0.0800. The topological polar surface area (TPSA) is 15.3 Å². The van der Waals surface area contributed by atoms with Gasteiger partial charge in [0.15, 0.2) is 0 Å². The molecule has 110 valence electrons. The van der Waals surface area contributed by atoms with Crippen LogP contribution in [-0.2, 0) is 0 Å². The maximum Gasteiger partial charge on any atom is 0.0112 e. The molecule has 0 saturated heterocycles. The molecular weight excluding hydrogens is 220 g/mol. The third-order valence-electron chi connectivity index (χ3n) is 3.68. The summed E-state index contributed by atoms with van der Waals surface area (Å²) in [5.74, 6) is 0. The molecule has 0 bridgehead atoms. The third-order valence-corrected chi connectivity index (χ3v) is 3.68. The van der Waals surface area contributed by atoms with Crippen LogP contribution < -0.4 is 5.32 Å². The van der Waals surface area contributed by atoms with Crippen LogP contribution in [0.5, 0.6) is 0 Å². The van der Waals surface area contributed by atoms with Gasteiger partial charge in [0.05, 0.1) is 0 Å². The van der Waals surface area contributed by atoms with Gasteiger partial charge in [-0.15, -0.1) is 0 Å². The van der Waals surface area contributed by atoms with E-state index in [-0.39, 0.29) is 0 Å². The van der Waals surface area contributed by atoms with Gasteiger partial charge >= 0.3 is 0 Å². The molecule has 2 nitrogen and oxygen atoms in total. The zero-order valence-corrected chi connectivity index (χ0v) is 13.6. The number of hydrogen-bond donors (Lipinski definition) is 1. The van der Waals surface area contributed by atoms with Crippen molar-refractivity contribution in [2.24, 2.45) is 0 Å². The predicted molar refractivity (Wildman–Crippen MR) is 83.2 cm³/mol. The Morgan fingerprint density at radius 3 is 2.00 bits per heavy atom. The molecule has 0 aliphatic heterocycles. The maximum atomic E-state index is 3.66. The van der Waals surface area contributed by atoms with Crippen LogP contribution in [0.4, 0.5) is 0 Å². The Balaban J connectivity index is 3.62. The minimum Gasteiger partial charge on any atom is -0.313 e. The van der Waals surface area contributed by atoms with Crippen molar-refractivity contribution < 1.29 is 0 Å². The molecule has 1 atom stereocenters. The summed E-state index contributed by atoms with van der Waals surface area (Å²) in [5, 5.41) is 3.66. The molecule has 0 radical (unpaired) electrons. The second kappa shape index (κ2) is 10.8. The van der Waals surface area contributed by atoms with Crippen molar-refractivity contribution in [3.05, 3.63) is 0 Å². The monoisotopic (exact) mass is 256 g/mol. The minimum absolute atomic E-state index is 0.645. The molecule has 18 heavy (non-hydrogen) atoms. The highest BCUT2D eigenvalue weighted by Gasteiger charge is 2.12. The Morgan fingerprint density at radius 2 is 1.50 bits per heavy atom. The molecule has 1 N–H and O–H groups in total. The largest absolute Gasteiger partial charge is 0.313 e. The van der Waals surface area contributed by atoms with Crippen LogP contribution in [-0.4, -0.2) is 36.1 Å². The molecule has 0 amide bonds. The molecule has 0 aromatic carbocycles. The molecular formula is C16H36N2. The van der Waals surface area contributed by atoms with Gasteiger partial charge in [0.25, 0.3) is 0 Å². The lowest BCUT2D eigenvalue weighted by Gasteiger charge is -2.31. The lowest BCUT2D eigenvalue weighted by Crippen LogP contribution is -2.42. The normalized spacial score (nSPS) is 13.8. The molecule has 0 saturated carbocycles. The smallest absolute Gasteiger partial charge is 0.0112 e. The summed E-state index contributed by atoms with van der Waals surface area (Å²) in [6.07, 6.45) is 6.82. The summed E-state index contributed by atoms with van der Waals surface area (Å²) >= 11 is 0. The minimum atomic E-state index is 0.645. The van der Waals surface area contributed by atoms with Crippen molar-refractivity contribution in [1.29, 1.82) is 0 Å². The molecule has 1 unspecified atom stereocenters. The second-order valence-corrected chi connectivity index (χ2v) is 6.13. The fourth-order valence-electron chi connectivity index (χ4n) is 2.53. The first-order chi connectivity index (χ1) is 8.49. The van der Waals surface area contributed by atoms with Crippen molar-refractivity contribution in [2.75, 3.05) is 13.1 Å². The van der Waals surface area contributed by atoms with Gasteiger partial charge in [-0.1, -0.05) is 32.6 Å². The summed E-state index contributed by atoms with van der Waals surface area (Å²) in [6.45, 7) is 16.0. The zero-order chi connectivity index (χ0) is 14.0. The molecule has 0 aliphatic carbocycles. The Labute approximate surface area is 116 Å². The summed E-state index contributed by atoms with van der Waals surface area (Å²) in [7, 11) is 0. The van der Waals surface area contributed by atoms with Gasteiger partial charge in [-0.2, -0.15) is 0 Å². The molecule has 0 aromatic rings. The fourth-order valence-corrected chi connectivity index (χ4v) is 2.53. The Kier molecular flexibility index (Phi) is 10.8. The number of nitrogens with one attached hydrogen (secondary N) is 1. The molecule has 0 aromatic heterocycles. The summed E-state index contributed by atoms with van der Waals surface area (Å²) in [5.41, 5.74) is 0. The molecule has 0 fully saturated rings. The predicted octanol–water partition coefficient (Wildman–Crippen LogP) is 4.05. The van der Waals surface area contributed by atoms with E-state index in [1.165, 1.54) is 32.1 Å². The van der Waals surface area contributed by atoms with Crippen LogP contribution >= 0.6 is 0 Å². The first kappa shape index (κ1) is 17.9. The first-order valence-electron chi connectivity index (χ1n) is 7.98. The van der Waals surface area contributed by atoms with E-state index < -0.39 is 0 Å². The summed E-state index contributed by atoms with van der Waals surface area (Å²) < 4.78 is 0. The van der Waals surface area contributed by atoms with Gasteiger partial charge in [0.2, 0.25) is 0 Å². The average Bonchev–Trinajstić information content (AvgIpc) is 2.29. The van der Waals surface area contributed by atoms with E-state index in [0.717, 1.165) is 13.1 Å². The van der Waals surface area contributed by atoms with E-state index >= 15 is 0 Å². The Bertz CT molecular complexity index is 170. The standard InChI is InChI=1S/C16H36N2/c1-7-8-9-10-11-16(6)17-12-13-18(14(2)3)15(4)5/h14-17H,7-13H2,1-6H3. The number of hydrogen-bond acceptors (Lipinski definition) is 2. The van der Waals surface area contributed by atoms with Gasteiger partial charge in [0.1, 0.15) is 0 Å². The van der Waals surface area contributed by atoms with E-state index in [0.29, 0.717) is 18.1 Å². The highest BCUT2D eigenvalue weighted by molar-refractivity contribution is 4.70. The van der Waals surface area contributed by atoms with Gasteiger partial charge in [-0.05, 0) is 41.0 Å². The van der Waals surface area contributed by atoms with Crippen LogP contribution in [0.3, 0.4) is 0 Å². The van der Waals surface area contributed by atoms with E-state index in [2.05, 4.69) is 51.8 Å². The second-order valence-electron chi connectivity index (χ2n) is 6.13. The van der Waals surface area contributed by atoms with Crippen LogP contribution in [0, 0.1) is 0 Å². The van der Waals surface area contributed by atoms with E-state index in [4.69, 9.17) is 0 Å². The quantitative estimate of drug-likeness (QED) is 0.561. The van der Waals surface area contributed by atoms with Crippen molar-refractivity contribution in [2.45, 2.75) is 91.8 Å². The molecule has 0 rings (SSSR count). The molecule has 2 heteroatoms. The molecule has 0 spiro atoms. The van der Waals surface area contributed by atoms with Crippen molar-refractivity contribution >= 4 is 0 Å². The molecule has 0 aliphatic rings. The first-order valence-corrected chi connectivity index (χ1v) is 7.98. The van der Waals surface area contributed by atoms with Crippen LogP contribution in [0.2, 0.25) is 0 Å². The maximum absolute atomic E-state index is 3.66. The van der Waals surface area contributed by atoms with Crippen LogP contribution in [0.15, 0.2) is 0 Å². The van der Waals surface area contributed by atoms with E-state index in [1.807, 2.05) is 0 Å². The highest BCUT2D eigenvalue weighted by atomic mass is 15.2. The van der Waals surface area contributed by atoms with E-state index in [1.54, 1.807) is 0 Å². The lowest BCUT2D eigenvalue weighted by atomic mass is 10.1. The van der Waals surface area contributed by atoms with Gasteiger partial charge in [-0.25, -0.2) is 0 Å². The summed E-state index contributed by atoms with van der Waals surface area (Å²) in [4.78, 5) is 2.55. The highest BCUT2D eigenvalue weighted by Crippen LogP contribution is 2.06. The fraction of sp³-hybridized carbons (Fsp3) is 1.00. The van der Waals surface area contributed by atoms with Crippen LogP contribution in [0.25, 0.3) is 0 Å². The molecule has 0 heterocycles. The average molecular weight is 256 g/mol. The summed E-state index contributed by atoms with van der Waals surface area (Å²) in [6, 6.07) is 1.96. The lowest BCUT2D eigenvalue weighted by molar-refractivity contribution is 0.174. The zero-order valence-electron chi connectivity index (χ0n) is 13.6.